The minimum atomic E-state index is -0.386. The van der Waals surface area contributed by atoms with E-state index in [0.717, 1.165) is 14.7 Å². The van der Waals surface area contributed by atoms with Crippen LogP contribution in [0.3, 0.4) is 0 Å². The predicted octanol–water partition coefficient (Wildman–Crippen LogP) is 4.49. The van der Waals surface area contributed by atoms with Gasteiger partial charge in [-0.25, -0.2) is 4.79 Å². The van der Waals surface area contributed by atoms with Crippen LogP contribution in [0.2, 0.25) is 0 Å². The highest BCUT2D eigenvalue weighted by atomic mass is 127. The molecule has 2 aromatic rings. The number of benzene rings is 2. The fraction of sp³-hybridized carbons (Fsp3) is 0.273. The highest BCUT2D eigenvalue weighted by Crippen LogP contribution is 2.35. The third-order valence-corrected chi connectivity index (χ3v) is 5.24. The molecule has 0 aliphatic carbocycles. The van der Waals surface area contributed by atoms with E-state index in [1.54, 1.807) is 19.3 Å². The molecule has 152 valence electrons. The quantitative estimate of drug-likeness (QED) is 0.342. The maximum absolute atomic E-state index is 12.4. The first-order valence-electron chi connectivity index (χ1n) is 9.33. The van der Waals surface area contributed by atoms with Crippen LogP contribution in [-0.4, -0.2) is 30.5 Å². The number of aryl methyl sites for hydroxylation is 1. The maximum Gasteiger partial charge on any atom is 0.329 e. The molecule has 0 unspecified atom stereocenters. The van der Waals surface area contributed by atoms with Crippen LogP contribution in [0.5, 0.6) is 11.5 Å². The number of amides is 3. The summed E-state index contributed by atoms with van der Waals surface area (Å²) in [6.07, 6.45) is 2.37. The Kier molecular flexibility index (Phi) is 6.79. The van der Waals surface area contributed by atoms with Gasteiger partial charge < -0.3 is 14.8 Å². The molecule has 1 aliphatic heterocycles. The number of halogens is 1. The Balaban J connectivity index is 1.83. The molecule has 3 amide bonds. The van der Waals surface area contributed by atoms with Crippen molar-refractivity contribution in [2.24, 2.45) is 0 Å². The van der Waals surface area contributed by atoms with Crippen molar-refractivity contribution in [2.45, 2.75) is 26.9 Å². The molecule has 1 saturated heterocycles. The lowest BCUT2D eigenvalue weighted by molar-refractivity contribution is -0.122. The van der Waals surface area contributed by atoms with Crippen LogP contribution >= 0.6 is 22.6 Å². The van der Waals surface area contributed by atoms with E-state index in [9.17, 15) is 9.59 Å². The number of carbonyl (C=O) groups is 2. The molecule has 1 N–H and O–H groups in total. The Labute approximate surface area is 184 Å². The number of hydrogen-bond donors (Lipinski definition) is 1. The number of rotatable bonds is 7. The van der Waals surface area contributed by atoms with Gasteiger partial charge in [0.15, 0.2) is 11.5 Å². The summed E-state index contributed by atoms with van der Waals surface area (Å²) in [7, 11) is 1.58. The lowest BCUT2D eigenvalue weighted by Gasteiger charge is -2.14. The van der Waals surface area contributed by atoms with Gasteiger partial charge in [-0.05, 0) is 65.3 Å². The minimum Gasteiger partial charge on any atom is -0.493 e. The zero-order chi connectivity index (χ0) is 21.0. The number of urea groups is 1. The molecule has 6 nitrogen and oxygen atoms in total. The van der Waals surface area contributed by atoms with Gasteiger partial charge in [0.1, 0.15) is 12.3 Å². The van der Waals surface area contributed by atoms with Gasteiger partial charge in [-0.1, -0.05) is 36.8 Å². The Hall–Kier alpha value is -2.55. The third kappa shape index (κ3) is 4.90. The minimum absolute atomic E-state index is 0.259. The number of nitrogens with zero attached hydrogens (tertiary/aromatic N) is 1. The fourth-order valence-corrected chi connectivity index (χ4v) is 3.87. The molecule has 1 fully saturated rings. The first-order valence-corrected chi connectivity index (χ1v) is 10.4. The van der Waals surface area contributed by atoms with Crippen LogP contribution in [0.1, 0.15) is 30.0 Å². The SMILES string of the molecule is CCCN1C(=O)N/C(=C/c2cc(I)c(OCc3cccc(C)c3)c(OC)c2)C1=O. The van der Waals surface area contributed by atoms with Gasteiger partial charge in [0.05, 0.1) is 10.7 Å². The van der Waals surface area contributed by atoms with Gasteiger partial charge in [0.25, 0.3) is 5.91 Å². The molecule has 7 heteroatoms. The molecule has 0 atom stereocenters. The van der Waals surface area contributed by atoms with Gasteiger partial charge >= 0.3 is 6.03 Å². The summed E-state index contributed by atoms with van der Waals surface area (Å²) >= 11 is 2.18. The summed E-state index contributed by atoms with van der Waals surface area (Å²) in [5, 5.41) is 2.63. The Bertz CT molecular complexity index is 971. The standard InChI is InChI=1S/C22H23IN2O4/c1-4-8-25-21(26)18(24-22(25)27)11-16-10-17(23)20(19(12-16)28-3)29-13-15-7-5-6-14(2)9-15/h5-7,9-12H,4,8,13H2,1-3H3,(H,24,27)/b18-11+. The number of nitrogens with one attached hydrogen (secondary N) is 1. The number of hydrogen-bond acceptors (Lipinski definition) is 4. The number of ether oxygens (including phenoxy) is 2. The Morgan fingerprint density at radius 2 is 2.00 bits per heavy atom. The van der Waals surface area contributed by atoms with Crippen molar-refractivity contribution in [3.05, 3.63) is 62.4 Å². The first-order chi connectivity index (χ1) is 13.9. The van der Waals surface area contributed by atoms with Crippen LogP contribution in [0, 0.1) is 10.5 Å². The second-order valence-electron chi connectivity index (χ2n) is 6.76. The largest absolute Gasteiger partial charge is 0.493 e. The highest BCUT2D eigenvalue weighted by Gasteiger charge is 2.32. The van der Waals surface area contributed by atoms with Gasteiger partial charge in [0, 0.05) is 6.54 Å². The first kappa shape index (κ1) is 21.2. The van der Waals surface area contributed by atoms with Crippen molar-refractivity contribution < 1.29 is 19.1 Å². The van der Waals surface area contributed by atoms with Crippen LogP contribution < -0.4 is 14.8 Å². The van der Waals surface area contributed by atoms with Crippen LogP contribution in [-0.2, 0) is 11.4 Å². The average Bonchev–Trinajstić information content (AvgIpc) is 2.94. The molecule has 1 aliphatic rings. The predicted molar refractivity (Wildman–Crippen MR) is 120 cm³/mol. The molecule has 2 aromatic carbocycles. The molecule has 0 saturated carbocycles. The van der Waals surface area contributed by atoms with Crippen molar-refractivity contribution in [1.29, 1.82) is 0 Å². The summed E-state index contributed by atoms with van der Waals surface area (Å²) in [5.74, 6) is 0.898. The van der Waals surface area contributed by atoms with Crippen molar-refractivity contribution in [3.8, 4) is 11.5 Å². The van der Waals surface area contributed by atoms with Crippen molar-refractivity contribution in [3.63, 3.8) is 0 Å². The van der Waals surface area contributed by atoms with E-state index in [1.165, 1.54) is 10.5 Å². The number of methoxy groups -OCH3 is 1. The van der Waals surface area contributed by atoms with Crippen molar-refractivity contribution in [2.75, 3.05) is 13.7 Å². The topological polar surface area (TPSA) is 67.9 Å². The molecule has 0 bridgehead atoms. The van der Waals surface area contributed by atoms with E-state index in [4.69, 9.17) is 9.47 Å². The normalized spacial score (nSPS) is 15.0. The van der Waals surface area contributed by atoms with E-state index in [1.807, 2.05) is 38.1 Å². The van der Waals surface area contributed by atoms with Crippen LogP contribution in [0.4, 0.5) is 4.79 Å². The summed E-state index contributed by atoms with van der Waals surface area (Å²) in [4.78, 5) is 25.6. The number of carbonyl (C=O) groups excluding carboxylic acids is 2. The van der Waals surface area contributed by atoms with Crippen LogP contribution in [0.25, 0.3) is 6.08 Å². The Morgan fingerprint density at radius 3 is 2.69 bits per heavy atom. The molecule has 1 heterocycles. The van der Waals surface area contributed by atoms with Gasteiger partial charge in [-0.3, -0.25) is 9.69 Å². The summed E-state index contributed by atoms with van der Waals surface area (Å²) in [5.41, 5.74) is 3.25. The van der Waals surface area contributed by atoms with Gasteiger partial charge in [-0.2, -0.15) is 0 Å². The summed E-state index contributed by atoms with van der Waals surface area (Å²) in [6, 6.07) is 11.4. The summed E-state index contributed by atoms with van der Waals surface area (Å²) in [6.45, 7) is 4.79. The van der Waals surface area contributed by atoms with E-state index in [2.05, 4.69) is 34.0 Å². The van der Waals surface area contributed by atoms with E-state index < -0.39 is 0 Å². The lowest BCUT2D eigenvalue weighted by Crippen LogP contribution is -2.31. The van der Waals surface area contributed by atoms with Gasteiger partial charge in [-0.15, -0.1) is 0 Å². The second-order valence-corrected chi connectivity index (χ2v) is 7.92. The maximum atomic E-state index is 12.4. The molecule has 3 rings (SSSR count). The smallest absolute Gasteiger partial charge is 0.329 e. The Morgan fingerprint density at radius 1 is 1.21 bits per heavy atom. The summed E-state index contributed by atoms with van der Waals surface area (Å²) < 4.78 is 12.4. The van der Waals surface area contributed by atoms with E-state index in [-0.39, 0.29) is 17.6 Å². The number of imide groups is 1. The molecule has 0 spiro atoms. The zero-order valence-corrected chi connectivity index (χ0v) is 18.8. The average molecular weight is 506 g/mol. The molecule has 29 heavy (non-hydrogen) atoms. The van der Waals surface area contributed by atoms with Crippen molar-refractivity contribution >= 4 is 40.6 Å². The van der Waals surface area contributed by atoms with Gasteiger partial charge in [0.2, 0.25) is 0 Å². The molecular formula is C22H23IN2O4. The zero-order valence-electron chi connectivity index (χ0n) is 16.6. The van der Waals surface area contributed by atoms with Crippen LogP contribution in [0.15, 0.2) is 42.1 Å². The lowest BCUT2D eigenvalue weighted by atomic mass is 10.1. The molecule has 0 radical (unpaired) electrons. The van der Waals surface area contributed by atoms with E-state index in [0.29, 0.717) is 31.1 Å². The second kappa shape index (κ2) is 9.30. The molecular weight excluding hydrogens is 483 g/mol. The highest BCUT2D eigenvalue weighted by molar-refractivity contribution is 14.1. The third-order valence-electron chi connectivity index (χ3n) is 4.44. The van der Waals surface area contributed by atoms with Crippen molar-refractivity contribution in [1.82, 2.24) is 10.2 Å². The van der Waals surface area contributed by atoms with E-state index >= 15 is 0 Å². The fourth-order valence-electron chi connectivity index (χ4n) is 3.09. The molecule has 0 aromatic heterocycles. The monoisotopic (exact) mass is 506 g/mol.